The van der Waals surface area contributed by atoms with Gasteiger partial charge in [-0.3, -0.25) is 4.98 Å². The number of fused-ring (bicyclic) bond motifs is 1. The average molecular weight is 395 g/mol. The molecule has 3 aromatic heterocycles. The van der Waals surface area contributed by atoms with Crippen molar-refractivity contribution in [2.75, 3.05) is 12.0 Å². The zero-order valence-electron chi connectivity index (χ0n) is 14.9. The van der Waals surface area contributed by atoms with Gasteiger partial charge in [0.25, 0.3) is 0 Å². The van der Waals surface area contributed by atoms with Crippen molar-refractivity contribution in [3.8, 4) is 11.1 Å². The number of thiol groups is 1. The van der Waals surface area contributed by atoms with Crippen LogP contribution in [0.5, 0.6) is 0 Å². The molecule has 0 radical (unpaired) electrons. The third-order valence-electron chi connectivity index (χ3n) is 4.49. The fraction of sp³-hybridized carbons (Fsp3) is 0.150. The minimum atomic E-state index is -0.116. The lowest BCUT2D eigenvalue weighted by molar-refractivity contribution is 0.614. The Hall–Kier alpha value is -2.51. The van der Waals surface area contributed by atoms with Gasteiger partial charge in [-0.05, 0) is 24.8 Å². The van der Waals surface area contributed by atoms with Crippen LogP contribution in [0.1, 0.15) is 24.4 Å². The van der Waals surface area contributed by atoms with Gasteiger partial charge in [-0.25, -0.2) is 9.97 Å². The van der Waals surface area contributed by atoms with E-state index in [1.165, 1.54) is 11.8 Å². The SMILES string of the molecule is CSc1nc(C(C)c2cc3c(-c4ccccc4)coc3cn2)nc(N)c1S. The second-order valence-electron chi connectivity index (χ2n) is 6.17. The van der Waals surface area contributed by atoms with Gasteiger partial charge in [-0.2, -0.15) is 0 Å². The molecule has 0 amide bonds. The summed E-state index contributed by atoms with van der Waals surface area (Å²) in [5.41, 5.74) is 9.76. The minimum absolute atomic E-state index is 0.116. The van der Waals surface area contributed by atoms with Crippen LogP contribution in [0.2, 0.25) is 0 Å². The van der Waals surface area contributed by atoms with Crippen LogP contribution in [0.3, 0.4) is 0 Å². The molecule has 0 aliphatic carbocycles. The Kier molecular flexibility index (Phi) is 4.80. The van der Waals surface area contributed by atoms with Crippen LogP contribution >= 0.6 is 24.4 Å². The first kappa shape index (κ1) is 17.9. The van der Waals surface area contributed by atoms with E-state index < -0.39 is 0 Å². The van der Waals surface area contributed by atoms with E-state index in [9.17, 15) is 0 Å². The van der Waals surface area contributed by atoms with Crippen LogP contribution in [0.4, 0.5) is 5.82 Å². The number of rotatable bonds is 4. The van der Waals surface area contributed by atoms with Crippen molar-refractivity contribution in [1.82, 2.24) is 15.0 Å². The summed E-state index contributed by atoms with van der Waals surface area (Å²) in [5, 5.41) is 1.78. The fourth-order valence-electron chi connectivity index (χ4n) is 2.96. The Balaban J connectivity index is 1.79. The maximum Gasteiger partial charge on any atom is 0.152 e. The highest BCUT2D eigenvalue weighted by molar-refractivity contribution is 7.99. The Labute approximate surface area is 166 Å². The van der Waals surface area contributed by atoms with Crippen molar-refractivity contribution in [1.29, 1.82) is 0 Å². The lowest BCUT2D eigenvalue weighted by Gasteiger charge is -2.13. The molecule has 136 valence electrons. The molecule has 0 bridgehead atoms. The highest BCUT2D eigenvalue weighted by Gasteiger charge is 2.19. The Morgan fingerprint density at radius 3 is 2.70 bits per heavy atom. The summed E-state index contributed by atoms with van der Waals surface area (Å²) in [6.07, 6.45) is 5.46. The molecule has 0 spiro atoms. The molecule has 0 saturated heterocycles. The second-order valence-corrected chi connectivity index (χ2v) is 7.41. The van der Waals surface area contributed by atoms with Crippen LogP contribution in [-0.4, -0.2) is 21.2 Å². The lowest BCUT2D eigenvalue weighted by atomic mass is 10.0. The summed E-state index contributed by atoms with van der Waals surface area (Å²) in [7, 11) is 0. The van der Waals surface area contributed by atoms with Crippen LogP contribution in [-0.2, 0) is 0 Å². The monoisotopic (exact) mass is 394 g/mol. The Morgan fingerprint density at radius 2 is 1.96 bits per heavy atom. The Bertz CT molecular complexity index is 1110. The van der Waals surface area contributed by atoms with E-state index in [4.69, 9.17) is 10.2 Å². The molecule has 27 heavy (non-hydrogen) atoms. The summed E-state index contributed by atoms with van der Waals surface area (Å²) in [6, 6.07) is 12.2. The number of pyridine rings is 1. The standard InChI is InChI=1S/C20H18N4OS2/c1-11(19-23-18(21)17(26)20(24-19)27-2)15-8-13-14(10-25-16(13)9-22-15)12-6-4-3-5-7-12/h3-11,26H,1-2H3,(H2,21,23,24). The van der Waals surface area contributed by atoms with E-state index in [-0.39, 0.29) is 5.92 Å². The summed E-state index contributed by atoms with van der Waals surface area (Å²) in [6.45, 7) is 2.02. The van der Waals surface area contributed by atoms with Crippen LogP contribution in [0, 0.1) is 0 Å². The number of hydrogen-bond donors (Lipinski definition) is 2. The van der Waals surface area contributed by atoms with Crippen LogP contribution < -0.4 is 5.73 Å². The largest absolute Gasteiger partial charge is 0.462 e. The van der Waals surface area contributed by atoms with Gasteiger partial charge in [0, 0.05) is 10.9 Å². The molecule has 5 nitrogen and oxygen atoms in total. The van der Waals surface area contributed by atoms with Crippen molar-refractivity contribution in [2.45, 2.75) is 22.8 Å². The minimum Gasteiger partial charge on any atom is -0.462 e. The average Bonchev–Trinajstić information content (AvgIpc) is 3.13. The van der Waals surface area contributed by atoms with Crippen molar-refractivity contribution in [3.63, 3.8) is 0 Å². The topological polar surface area (TPSA) is 77.8 Å². The molecular weight excluding hydrogens is 376 g/mol. The summed E-state index contributed by atoms with van der Waals surface area (Å²) in [4.78, 5) is 14.2. The predicted octanol–water partition coefficient (Wildman–Crippen LogP) is 5.03. The first-order valence-corrected chi connectivity index (χ1v) is 10.1. The first-order chi connectivity index (χ1) is 13.1. The highest BCUT2D eigenvalue weighted by atomic mass is 32.2. The number of nitrogens with two attached hydrogens (primary N) is 1. The summed E-state index contributed by atoms with van der Waals surface area (Å²) >= 11 is 5.89. The number of furan rings is 1. The molecule has 2 N–H and O–H groups in total. The maximum atomic E-state index is 6.01. The number of benzene rings is 1. The molecule has 4 rings (SSSR count). The second kappa shape index (κ2) is 7.25. The number of nitrogen functional groups attached to an aromatic ring is 1. The zero-order chi connectivity index (χ0) is 19.0. The zero-order valence-corrected chi connectivity index (χ0v) is 16.6. The molecule has 1 unspecified atom stereocenters. The molecular formula is C20H18N4OS2. The molecule has 4 aromatic rings. The fourth-order valence-corrected chi connectivity index (χ4v) is 3.82. The van der Waals surface area contributed by atoms with Crippen molar-refractivity contribution < 1.29 is 4.42 Å². The molecule has 1 aromatic carbocycles. The van der Waals surface area contributed by atoms with Gasteiger partial charge in [0.2, 0.25) is 0 Å². The predicted molar refractivity (Wildman–Crippen MR) is 112 cm³/mol. The van der Waals surface area contributed by atoms with E-state index in [0.29, 0.717) is 16.5 Å². The van der Waals surface area contributed by atoms with E-state index in [0.717, 1.165) is 32.8 Å². The molecule has 1 atom stereocenters. The molecule has 0 aliphatic rings. The van der Waals surface area contributed by atoms with Crippen LogP contribution in [0.15, 0.2) is 63.2 Å². The van der Waals surface area contributed by atoms with Crippen molar-refractivity contribution >= 4 is 41.2 Å². The molecule has 0 aliphatic heterocycles. The Morgan fingerprint density at radius 1 is 1.19 bits per heavy atom. The van der Waals surface area contributed by atoms with Gasteiger partial charge in [0.1, 0.15) is 16.7 Å². The first-order valence-electron chi connectivity index (χ1n) is 8.41. The number of aromatic nitrogens is 3. The van der Waals surface area contributed by atoms with Gasteiger partial charge < -0.3 is 10.2 Å². The van der Waals surface area contributed by atoms with Crippen molar-refractivity contribution in [2.24, 2.45) is 0 Å². The highest BCUT2D eigenvalue weighted by Crippen LogP contribution is 2.34. The molecule has 3 heterocycles. The smallest absolute Gasteiger partial charge is 0.152 e. The molecule has 7 heteroatoms. The maximum absolute atomic E-state index is 6.01. The molecule has 0 saturated carbocycles. The third-order valence-corrected chi connectivity index (χ3v) is 5.76. The number of anilines is 1. The van der Waals surface area contributed by atoms with Gasteiger partial charge in [0.05, 0.1) is 29.0 Å². The molecule has 0 fully saturated rings. The number of thioether (sulfide) groups is 1. The van der Waals surface area contributed by atoms with E-state index >= 15 is 0 Å². The normalized spacial score (nSPS) is 12.4. The van der Waals surface area contributed by atoms with E-state index in [1.807, 2.05) is 37.4 Å². The third kappa shape index (κ3) is 3.28. The van der Waals surface area contributed by atoms with Crippen molar-refractivity contribution in [3.05, 3.63) is 60.4 Å². The van der Waals surface area contributed by atoms with Crippen LogP contribution in [0.25, 0.3) is 22.1 Å². The van der Waals surface area contributed by atoms with E-state index in [1.54, 1.807) is 12.5 Å². The van der Waals surface area contributed by atoms with Gasteiger partial charge in [-0.1, -0.05) is 30.3 Å². The lowest BCUT2D eigenvalue weighted by Crippen LogP contribution is -2.08. The number of nitrogens with zero attached hydrogens (tertiary/aromatic N) is 3. The van der Waals surface area contributed by atoms with Gasteiger partial charge in [-0.15, -0.1) is 24.4 Å². The van der Waals surface area contributed by atoms with Gasteiger partial charge >= 0.3 is 0 Å². The van der Waals surface area contributed by atoms with E-state index in [2.05, 4.69) is 39.7 Å². The number of hydrogen-bond acceptors (Lipinski definition) is 7. The van der Waals surface area contributed by atoms with Gasteiger partial charge in [0.15, 0.2) is 5.58 Å². The summed E-state index contributed by atoms with van der Waals surface area (Å²) in [5.74, 6) is 0.898. The summed E-state index contributed by atoms with van der Waals surface area (Å²) < 4.78 is 5.69. The quantitative estimate of drug-likeness (QED) is 0.287.